The van der Waals surface area contributed by atoms with Crippen LogP contribution in [-0.2, 0) is 9.59 Å². The summed E-state index contributed by atoms with van der Waals surface area (Å²) in [7, 11) is 0. The van der Waals surface area contributed by atoms with Gasteiger partial charge in [-0.2, -0.15) is 0 Å². The van der Waals surface area contributed by atoms with Crippen LogP contribution in [0.5, 0.6) is 5.75 Å². The zero-order valence-electron chi connectivity index (χ0n) is 7.48. The van der Waals surface area contributed by atoms with Gasteiger partial charge >= 0.3 is 0 Å². The molecule has 0 aromatic heterocycles. The van der Waals surface area contributed by atoms with Gasteiger partial charge in [0.1, 0.15) is 0 Å². The minimum absolute atomic E-state index is 0.102. The highest BCUT2D eigenvalue weighted by atomic mass is 19.1. The molecule has 76 valence electrons. The van der Waals surface area contributed by atoms with Crippen molar-refractivity contribution in [2.75, 3.05) is 4.90 Å². The number of imide groups is 1. The van der Waals surface area contributed by atoms with Crippen LogP contribution >= 0.6 is 0 Å². The molecule has 1 aliphatic rings. The fraction of sp³-hybridized carbons (Fsp3) is 0. The Morgan fingerprint density at radius 1 is 1.13 bits per heavy atom. The van der Waals surface area contributed by atoms with E-state index in [1.165, 1.54) is 6.07 Å². The summed E-state index contributed by atoms with van der Waals surface area (Å²) in [4.78, 5) is 23.3. The molecule has 1 aromatic rings. The number of halogens is 1. The van der Waals surface area contributed by atoms with Crippen LogP contribution in [0.2, 0.25) is 0 Å². The lowest BCUT2D eigenvalue weighted by Gasteiger charge is -2.13. The van der Waals surface area contributed by atoms with Crippen LogP contribution in [0.3, 0.4) is 0 Å². The molecule has 0 saturated carbocycles. The second kappa shape index (κ2) is 3.20. The first kappa shape index (κ1) is 9.39. The van der Waals surface area contributed by atoms with Gasteiger partial charge in [0.2, 0.25) is 0 Å². The predicted octanol–water partition coefficient (Wildman–Crippen LogP) is 0.961. The van der Waals surface area contributed by atoms with Gasteiger partial charge < -0.3 is 5.11 Å². The summed E-state index contributed by atoms with van der Waals surface area (Å²) < 4.78 is 13.0. The van der Waals surface area contributed by atoms with Gasteiger partial charge in [-0.1, -0.05) is 0 Å². The minimum Gasteiger partial charge on any atom is -0.505 e. The van der Waals surface area contributed by atoms with Gasteiger partial charge in [-0.25, -0.2) is 9.29 Å². The maximum absolute atomic E-state index is 13.0. The van der Waals surface area contributed by atoms with Gasteiger partial charge in [0, 0.05) is 18.2 Å². The molecule has 0 fully saturated rings. The van der Waals surface area contributed by atoms with Crippen molar-refractivity contribution in [3.8, 4) is 5.75 Å². The van der Waals surface area contributed by atoms with Crippen molar-refractivity contribution in [2.24, 2.45) is 0 Å². The maximum atomic E-state index is 13.0. The van der Waals surface area contributed by atoms with E-state index in [1.54, 1.807) is 0 Å². The van der Waals surface area contributed by atoms with Crippen molar-refractivity contribution in [3.05, 3.63) is 36.2 Å². The lowest BCUT2D eigenvalue weighted by atomic mass is 10.2. The number of benzene rings is 1. The van der Waals surface area contributed by atoms with Crippen LogP contribution in [0.15, 0.2) is 30.4 Å². The molecule has 1 N–H and O–H groups in total. The van der Waals surface area contributed by atoms with Crippen molar-refractivity contribution in [3.63, 3.8) is 0 Å². The normalized spacial score (nSPS) is 15.1. The predicted molar refractivity (Wildman–Crippen MR) is 49.7 cm³/mol. The number of aromatic hydroxyl groups is 1. The van der Waals surface area contributed by atoms with Crippen molar-refractivity contribution in [2.45, 2.75) is 0 Å². The molecular weight excluding hydrogens is 201 g/mol. The van der Waals surface area contributed by atoms with Gasteiger partial charge in [0.05, 0.1) is 5.69 Å². The fourth-order valence-electron chi connectivity index (χ4n) is 1.29. The monoisotopic (exact) mass is 207 g/mol. The molecule has 0 aliphatic carbocycles. The Balaban J connectivity index is 2.42. The largest absolute Gasteiger partial charge is 0.505 e. The highest BCUT2D eigenvalue weighted by Gasteiger charge is 2.25. The Morgan fingerprint density at radius 3 is 2.27 bits per heavy atom. The number of rotatable bonds is 1. The van der Waals surface area contributed by atoms with Gasteiger partial charge in [-0.05, 0) is 12.1 Å². The second-order valence-corrected chi connectivity index (χ2v) is 2.98. The molecule has 0 spiro atoms. The van der Waals surface area contributed by atoms with Gasteiger partial charge in [-0.15, -0.1) is 0 Å². The van der Waals surface area contributed by atoms with Gasteiger partial charge in [-0.3, -0.25) is 9.59 Å². The van der Waals surface area contributed by atoms with Crippen molar-refractivity contribution in [1.29, 1.82) is 0 Å². The summed E-state index contributed by atoms with van der Waals surface area (Å²) in [5.41, 5.74) is 0.102. The van der Waals surface area contributed by atoms with Crippen LogP contribution in [0.25, 0.3) is 0 Å². The summed E-state index contributed by atoms with van der Waals surface area (Å²) in [6.45, 7) is 0. The van der Waals surface area contributed by atoms with Crippen molar-refractivity contribution in [1.82, 2.24) is 0 Å². The third-order valence-corrected chi connectivity index (χ3v) is 2.00. The molecule has 0 saturated heterocycles. The number of anilines is 1. The summed E-state index contributed by atoms with van der Waals surface area (Å²) in [6.07, 6.45) is 2.21. The molecule has 1 aliphatic heterocycles. The Morgan fingerprint density at radius 2 is 1.73 bits per heavy atom. The molecule has 0 bridgehead atoms. The molecule has 2 rings (SSSR count). The van der Waals surface area contributed by atoms with E-state index in [0.29, 0.717) is 0 Å². The fourth-order valence-corrected chi connectivity index (χ4v) is 1.29. The Bertz CT molecular complexity index is 464. The number of nitrogens with zero attached hydrogens (tertiary/aromatic N) is 1. The second-order valence-electron chi connectivity index (χ2n) is 2.98. The quantitative estimate of drug-likeness (QED) is 0.698. The minimum atomic E-state index is -0.875. The SMILES string of the molecule is O=C1C=CC(=O)N1c1ccc(O)c(F)c1. The van der Waals surface area contributed by atoms with Crippen molar-refractivity contribution < 1.29 is 19.1 Å². The smallest absolute Gasteiger partial charge is 0.258 e. The Kier molecular flexibility index (Phi) is 2.00. The molecule has 0 atom stereocenters. The zero-order chi connectivity index (χ0) is 11.0. The number of carbonyl (C=O) groups is 2. The van der Waals surface area contributed by atoms with Crippen LogP contribution in [-0.4, -0.2) is 16.9 Å². The number of phenolic OH excluding ortho intramolecular Hbond substituents is 1. The lowest BCUT2D eigenvalue weighted by molar-refractivity contribution is -0.119. The molecular formula is C10H6FNO3. The van der Waals surface area contributed by atoms with Crippen molar-refractivity contribution >= 4 is 17.5 Å². The first-order valence-corrected chi connectivity index (χ1v) is 4.14. The summed E-state index contributed by atoms with van der Waals surface area (Å²) in [6, 6.07) is 3.31. The topological polar surface area (TPSA) is 57.6 Å². The first-order chi connectivity index (χ1) is 7.09. The molecule has 15 heavy (non-hydrogen) atoms. The molecule has 2 amide bonds. The highest BCUT2D eigenvalue weighted by Crippen LogP contribution is 2.24. The van der Waals surface area contributed by atoms with E-state index in [1.807, 2.05) is 0 Å². The third-order valence-electron chi connectivity index (χ3n) is 2.00. The summed E-state index contributed by atoms with van der Waals surface area (Å²) in [5.74, 6) is -2.44. The third kappa shape index (κ3) is 1.48. The van der Waals surface area contributed by atoms with E-state index in [9.17, 15) is 14.0 Å². The summed E-state index contributed by atoms with van der Waals surface area (Å²) in [5, 5.41) is 8.94. The molecule has 0 radical (unpaired) electrons. The van der Waals surface area contributed by atoms with Crippen LogP contribution in [0.1, 0.15) is 0 Å². The first-order valence-electron chi connectivity index (χ1n) is 4.14. The van der Waals surface area contributed by atoms with E-state index in [2.05, 4.69) is 0 Å². The van der Waals surface area contributed by atoms with E-state index in [-0.39, 0.29) is 5.69 Å². The van der Waals surface area contributed by atoms with E-state index in [0.717, 1.165) is 29.2 Å². The number of amides is 2. The average molecular weight is 207 g/mol. The van der Waals surface area contributed by atoms with Gasteiger partial charge in [0.15, 0.2) is 11.6 Å². The molecule has 0 unspecified atom stereocenters. The average Bonchev–Trinajstić information content (AvgIpc) is 2.52. The number of hydrogen-bond donors (Lipinski definition) is 1. The Hall–Kier alpha value is -2.17. The van der Waals surface area contributed by atoms with E-state index < -0.39 is 23.4 Å². The molecule has 5 heteroatoms. The van der Waals surface area contributed by atoms with Crippen LogP contribution < -0.4 is 4.90 Å². The number of carbonyl (C=O) groups excluding carboxylic acids is 2. The molecule has 4 nitrogen and oxygen atoms in total. The van der Waals surface area contributed by atoms with Crippen LogP contribution in [0, 0.1) is 5.82 Å². The highest BCUT2D eigenvalue weighted by molar-refractivity contribution is 6.28. The summed E-state index contributed by atoms with van der Waals surface area (Å²) >= 11 is 0. The van der Waals surface area contributed by atoms with Gasteiger partial charge in [0.25, 0.3) is 11.8 Å². The van der Waals surface area contributed by atoms with E-state index in [4.69, 9.17) is 5.11 Å². The lowest BCUT2D eigenvalue weighted by Crippen LogP contribution is -2.29. The maximum Gasteiger partial charge on any atom is 0.258 e. The number of phenols is 1. The van der Waals surface area contributed by atoms with E-state index >= 15 is 0 Å². The number of hydrogen-bond acceptors (Lipinski definition) is 3. The standard InChI is InChI=1S/C10H6FNO3/c11-7-5-6(1-2-8(7)13)12-9(14)3-4-10(12)15/h1-5,13H. The molecule has 1 aromatic carbocycles. The van der Waals surface area contributed by atoms with Crippen LogP contribution in [0.4, 0.5) is 10.1 Å². The Labute approximate surface area is 84.2 Å². The zero-order valence-corrected chi connectivity index (χ0v) is 7.48. The molecule has 1 heterocycles.